The van der Waals surface area contributed by atoms with E-state index in [2.05, 4.69) is 20.2 Å². The van der Waals surface area contributed by atoms with Crippen molar-refractivity contribution in [2.45, 2.75) is 47.5 Å². The molecule has 34 heavy (non-hydrogen) atoms. The van der Waals surface area contributed by atoms with Crippen molar-refractivity contribution in [3.63, 3.8) is 0 Å². The van der Waals surface area contributed by atoms with Crippen LogP contribution in [0, 0.1) is 10.8 Å². The molecule has 176 valence electrons. The fraction of sp³-hybridized carbons (Fsp3) is 0.435. The van der Waals surface area contributed by atoms with E-state index >= 15 is 4.79 Å². The van der Waals surface area contributed by atoms with Crippen LogP contribution in [0.5, 0.6) is 0 Å². The van der Waals surface area contributed by atoms with Crippen molar-refractivity contribution >= 4 is 52.2 Å². The molecule has 0 bridgehead atoms. The number of nitrogens with zero attached hydrogens (tertiary/aromatic N) is 6. The van der Waals surface area contributed by atoms with Crippen molar-refractivity contribution in [3.05, 3.63) is 71.8 Å². The van der Waals surface area contributed by atoms with Gasteiger partial charge in [-0.1, -0.05) is 35.4 Å². The van der Waals surface area contributed by atoms with Gasteiger partial charge in [0.25, 0.3) is 0 Å². The van der Waals surface area contributed by atoms with Crippen molar-refractivity contribution in [2.75, 3.05) is 0 Å². The van der Waals surface area contributed by atoms with Crippen LogP contribution in [0.3, 0.4) is 0 Å². The number of halogens is 4. The Morgan fingerprint density at radius 1 is 0.794 bits per heavy atom. The van der Waals surface area contributed by atoms with E-state index in [9.17, 15) is 0 Å². The summed E-state index contributed by atoms with van der Waals surface area (Å²) in [6.07, 6.45) is 19.7. The third kappa shape index (κ3) is 2.75. The lowest BCUT2D eigenvalue weighted by Gasteiger charge is -2.51. The van der Waals surface area contributed by atoms with Crippen LogP contribution >= 0.6 is 46.4 Å². The highest BCUT2D eigenvalue weighted by molar-refractivity contribution is 6.35. The van der Waals surface area contributed by atoms with Gasteiger partial charge in [-0.2, -0.15) is 10.2 Å². The number of aromatic nitrogens is 6. The second-order valence-electron chi connectivity index (χ2n) is 9.38. The Bertz CT molecular complexity index is 1160. The summed E-state index contributed by atoms with van der Waals surface area (Å²) in [7, 11) is 0. The topological polar surface area (TPSA) is 78.5 Å². The van der Waals surface area contributed by atoms with Gasteiger partial charge in [0.15, 0.2) is 5.78 Å². The second kappa shape index (κ2) is 7.53. The summed E-state index contributed by atoms with van der Waals surface area (Å²) in [5.74, 6) is -0.116. The first-order chi connectivity index (χ1) is 16.3. The fourth-order valence-corrected chi connectivity index (χ4v) is 7.54. The minimum atomic E-state index is -1.19. The standard InChI is InChI=1S/C23H20Cl4N6O/c24-15-1-3-22(17(26)9-15,20(5-6-20)32-13-28-11-30-32)19(34)23(4-2-16(25)10-18(23)27)21(7-8-21)33-14-29-12-31-33/h1-4,9-14,17-18H,5-8H2. The number of carbonyl (C=O) groups is 1. The summed E-state index contributed by atoms with van der Waals surface area (Å²) >= 11 is 26.9. The van der Waals surface area contributed by atoms with Gasteiger partial charge in [-0.25, -0.2) is 19.3 Å². The number of alkyl halides is 2. The third-order valence-electron chi connectivity index (χ3n) is 7.95. The van der Waals surface area contributed by atoms with Crippen LogP contribution in [0.15, 0.2) is 71.8 Å². The summed E-state index contributed by atoms with van der Waals surface area (Å²) < 4.78 is 3.53. The summed E-state index contributed by atoms with van der Waals surface area (Å²) in [6.45, 7) is 0. The Balaban J connectivity index is 1.60. The van der Waals surface area contributed by atoms with E-state index in [4.69, 9.17) is 46.4 Å². The molecule has 0 spiro atoms. The zero-order valence-electron chi connectivity index (χ0n) is 17.9. The Labute approximate surface area is 216 Å². The first-order valence-electron chi connectivity index (χ1n) is 11.0. The van der Waals surface area contributed by atoms with Crippen molar-refractivity contribution in [2.24, 2.45) is 10.8 Å². The quantitative estimate of drug-likeness (QED) is 0.499. The molecule has 2 aromatic heterocycles. The van der Waals surface area contributed by atoms with Crippen LogP contribution in [0.25, 0.3) is 0 Å². The van der Waals surface area contributed by atoms with Crippen LogP contribution in [-0.2, 0) is 15.9 Å². The Morgan fingerprint density at radius 2 is 1.21 bits per heavy atom. The van der Waals surface area contributed by atoms with E-state index in [0.29, 0.717) is 35.7 Å². The van der Waals surface area contributed by atoms with E-state index in [-0.39, 0.29) is 5.78 Å². The molecule has 6 rings (SSSR count). The molecule has 4 atom stereocenters. The minimum Gasteiger partial charge on any atom is -0.297 e. The van der Waals surface area contributed by atoms with Gasteiger partial charge in [-0.15, -0.1) is 23.2 Å². The minimum absolute atomic E-state index is 0.116. The molecule has 2 saturated carbocycles. The van der Waals surface area contributed by atoms with Gasteiger partial charge in [0.1, 0.15) is 25.3 Å². The van der Waals surface area contributed by atoms with Crippen molar-refractivity contribution < 1.29 is 4.79 Å². The third-order valence-corrected chi connectivity index (χ3v) is 9.39. The normalized spacial score (nSPS) is 34.9. The highest BCUT2D eigenvalue weighted by Crippen LogP contribution is 2.69. The van der Waals surface area contributed by atoms with Crippen LogP contribution in [0.4, 0.5) is 0 Å². The first-order valence-corrected chi connectivity index (χ1v) is 12.6. The average molecular weight is 538 g/mol. The van der Waals surface area contributed by atoms with Gasteiger partial charge in [0.05, 0.1) is 32.7 Å². The molecule has 0 aromatic carbocycles. The molecule has 4 aliphatic carbocycles. The molecule has 2 fully saturated rings. The van der Waals surface area contributed by atoms with E-state index in [1.807, 2.05) is 12.2 Å². The molecule has 2 aromatic rings. The zero-order valence-corrected chi connectivity index (χ0v) is 20.9. The number of carbonyl (C=O) groups excluding carboxylic acids is 1. The lowest BCUT2D eigenvalue weighted by atomic mass is 9.56. The SMILES string of the molecule is O=C(C1(C2(n3cncn3)CC2)C=CC(Cl)=CC1Cl)C1(C2(n3cncn3)CC2)C=CC(Cl)=CC1Cl. The Hall–Kier alpha value is -1.93. The summed E-state index contributed by atoms with van der Waals surface area (Å²) in [5, 5.41) is 8.36. The van der Waals surface area contributed by atoms with Gasteiger partial charge >= 0.3 is 0 Å². The molecule has 0 N–H and O–H groups in total. The van der Waals surface area contributed by atoms with E-state index in [1.54, 1.807) is 46.3 Å². The molecule has 0 radical (unpaired) electrons. The van der Waals surface area contributed by atoms with Crippen molar-refractivity contribution in [3.8, 4) is 0 Å². The van der Waals surface area contributed by atoms with E-state index in [1.165, 1.54) is 12.7 Å². The number of ketones is 1. The Kier molecular flexibility index (Phi) is 4.99. The number of Topliss-reactive ketones (excluding diaryl/α,β-unsaturated/α-hetero) is 1. The zero-order chi connectivity index (χ0) is 23.8. The summed E-state index contributed by atoms with van der Waals surface area (Å²) in [5.41, 5.74) is -3.77. The first kappa shape index (κ1) is 22.5. The van der Waals surface area contributed by atoms with Gasteiger partial charge in [0.2, 0.25) is 0 Å². The molecule has 4 unspecified atom stereocenters. The van der Waals surface area contributed by atoms with Gasteiger partial charge < -0.3 is 0 Å². The highest BCUT2D eigenvalue weighted by atomic mass is 35.5. The van der Waals surface area contributed by atoms with Crippen molar-refractivity contribution in [1.29, 1.82) is 0 Å². The molecule has 11 heteroatoms. The molecule has 4 aliphatic rings. The van der Waals surface area contributed by atoms with Gasteiger partial charge in [0, 0.05) is 10.1 Å². The summed E-state index contributed by atoms with van der Waals surface area (Å²) in [4.78, 5) is 23.6. The highest BCUT2D eigenvalue weighted by Gasteiger charge is 2.76. The van der Waals surface area contributed by atoms with Crippen LogP contribution in [0.2, 0.25) is 0 Å². The van der Waals surface area contributed by atoms with Gasteiger partial charge in [-0.3, -0.25) is 4.79 Å². The average Bonchev–Trinajstić information content (AvgIpc) is 3.65. The fourth-order valence-electron chi connectivity index (χ4n) is 6.01. The largest absolute Gasteiger partial charge is 0.297 e. The molecular weight excluding hydrogens is 518 g/mol. The predicted molar refractivity (Wildman–Crippen MR) is 130 cm³/mol. The smallest absolute Gasteiger partial charge is 0.161 e. The summed E-state index contributed by atoms with van der Waals surface area (Å²) in [6, 6.07) is 0. The molecule has 0 aliphatic heterocycles. The maximum absolute atomic E-state index is 15.3. The maximum atomic E-state index is 15.3. The molecular formula is C23H20Cl4N6O. The lowest BCUT2D eigenvalue weighted by Crippen LogP contribution is -2.62. The van der Waals surface area contributed by atoms with Crippen LogP contribution in [-0.4, -0.2) is 46.1 Å². The number of hydrogen-bond donors (Lipinski definition) is 0. The molecule has 2 heterocycles. The Morgan fingerprint density at radius 3 is 1.50 bits per heavy atom. The molecule has 0 saturated heterocycles. The van der Waals surface area contributed by atoms with E-state index < -0.39 is 32.7 Å². The predicted octanol–water partition coefficient (Wildman–Crippen LogP) is 4.69. The van der Waals surface area contributed by atoms with Gasteiger partial charge in [-0.05, 0) is 50.0 Å². The number of allylic oxidation sites excluding steroid dienone is 8. The molecule has 0 amide bonds. The lowest BCUT2D eigenvalue weighted by molar-refractivity contribution is -0.140. The van der Waals surface area contributed by atoms with E-state index in [0.717, 1.165) is 0 Å². The second-order valence-corrected chi connectivity index (χ2v) is 11.2. The number of rotatable bonds is 6. The monoisotopic (exact) mass is 536 g/mol. The maximum Gasteiger partial charge on any atom is 0.161 e. The van der Waals surface area contributed by atoms with Crippen molar-refractivity contribution in [1.82, 2.24) is 29.5 Å². The molecule has 7 nitrogen and oxygen atoms in total. The van der Waals surface area contributed by atoms with Crippen LogP contribution < -0.4 is 0 Å². The number of hydrogen-bond acceptors (Lipinski definition) is 5. The van der Waals surface area contributed by atoms with Crippen LogP contribution in [0.1, 0.15) is 25.7 Å².